The Labute approximate surface area is 98.0 Å². The monoisotopic (exact) mass is 240 g/mol. The summed E-state index contributed by atoms with van der Waals surface area (Å²) in [6.45, 7) is 1.65. The third-order valence-corrected chi connectivity index (χ3v) is 2.46. The van der Waals surface area contributed by atoms with Crippen LogP contribution in [0.2, 0.25) is 0 Å². The van der Waals surface area contributed by atoms with Crippen LogP contribution in [0, 0.1) is 5.82 Å². The molecule has 4 nitrogen and oxygen atoms in total. The fourth-order valence-corrected chi connectivity index (χ4v) is 1.60. The summed E-state index contributed by atoms with van der Waals surface area (Å²) in [4.78, 5) is 21.5. The molecule has 0 aliphatic heterocycles. The predicted octanol–water partition coefficient (Wildman–Crippen LogP) is 1.98. The Morgan fingerprint density at radius 1 is 1.47 bits per heavy atom. The Morgan fingerprint density at radius 2 is 2.12 bits per heavy atom. The van der Waals surface area contributed by atoms with E-state index in [4.69, 9.17) is 9.84 Å². The van der Waals surface area contributed by atoms with Gasteiger partial charge in [0.15, 0.2) is 11.6 Å². The average molecular weight is 240 g/mol. The van der Waals surface area contributed by atoms with Crippen LogP contribution in [0.5, 0.6) is 5.75 Å². The van der Waals surface area contributed by atoms with Crippen molar-refractivity contribution in [1.29, 1.82) is 0 Å². The fourth-order valence-electron chi connectivity index (χ4n) is 1.60. The molecule has 0 aliphatic carbocycles. The lowest BCUT2D eigenvalue weighted by atomic mass is 9.94. The maximum absolute atomic E-state index is 13.4. The lowest BCUT2D eigenvalue weighted by Gasteiger charge is -2.14. The summed E-state index contributed by atoms with van der Waals surface area (Å²) in [7, 11) is 1.33. The number of ketones is 1. The summed E-state index contributed by atoms with van der Waals surface area (Å²) in [5.74, 6) is -3.27. The summed E-state index contributed by atoms with van der Waals surface area (Å²) in [5.41, 5.74) is 0.488. The number of para-hydroxylation sites is 1. The molecule has 0 saturated carbocycles. The van der Waals surface area contributed by atoms with Crippen LogP contribution in [0.3, 0.4) is 0 Å². The molecule has 0 radical (unpaired) electrons. The normalized spacial score (nSPS) is 11.9. The molecule has 0 saturated heterocycles. The Morgan fingerprint density at radius 3 is 2.65 bits per heavy atom. The second-order valence-corrected chi connectivity index (χ2v) is 3.70. The van der Waals surface area contributed by atoms with E-state index in [1.165, 1.54) is 19.2 Å². The molecule has 1 rings (SSSR count). The Hall–Kier alpha value is -1.91. The van der Waals surface area contributed by atoms with Crippen LogP contribution >= 0.6 is 0 Å². The van der Waals surface area contributed by atoms with Gasteiger partial charge in [0.05, 0.1) is 7.11 Å². The van der Waals surface area contributed by atoms with E-state index in [1.807, 2.05) is 0 Å². The number of hydrogen-bond donors (Lipinski definition) is 1. The van der Waals surface area contributed by atoms with Gasteiger partial charge in [-0.3, -0.25) is 4.79 Å². The van der Waals surface area contributed by atoms with Gasteiger partial charge >= 0.3 is 5.97 Å². The minimum absolute atomic E-state index is 0.0539. The van der Waals surface area contributed by atoms with Crippen molar-refractivity contribution in [3.05, 3.63) is 29.6 Å². The highest BCUT2D eigenvalue weighted by Crippen LogP contribution is 2.30. The Bertz CT molecular complexity index is 442. The molecule has 0 amide bonds. The molecule has 0 bridgehead atoms. The number of carboxylic acids is 1. The van der Waals surface area contributed by atoms with Gasteiger partial charge in [0, 0.05) is 12.0 Å². The van der Waals surface area contributed by atoms with Gasteiger partial charge in [0.2, 0.25) is 5.78 Å². The lowest BCUT2D eigenvalue weighted by molar-refractivity contribution is -0.149. The summed E-state index contributed by atoms with van der Waals surface area (Å²) in [6, 6.07) is 4.35. The number of hydrogen-bond acceptors (Lipinski definition) is 3. The molecule has 1 atom stereocenters. The van der Waals surface area contributed by atoms with Gasteiger partial charge in [-0.15, -0.1) is 0 Å². The first-order chi connectivity index (χ1) is 7.97. The van der Waals surface area contributed by atoms with Gasteiger partial charge in [-0.1, -0.05) is 19.1 Å². The summed E-state index contributed by atoms with van der Waals surface area (Å²) in [5, 5.41) is 8.50. The smallest absolute Gasteiger partial charge is 0.372 e. The number of rotatable bonds is 5. The van der Waals surface area contributed by atoms with Crippen molar-refractivity contribution in [1.82, 2.24) is 0 Å². The van der Waals surface area contributed by atoms with Crippen molar-refractivity contribution in [2.24, 2.45) is 0 Å². The van der Waals surface area contributed by atoms with Gasteiger partial charge in [0.1, 0.15) is 0 Å². The zero-order valence-electron chi connectivity index (χ0n) is 9.57. The molecule has 0 spiro atoms. The molecular weight excluding hydrogens is 227 g/mol. The zero-order valence-corrected chi connectivity index (χ0v) is 9.57. The highest BCUT2D eigenvalue weighted by molar-refractivity contribution is 6.32. The number of methoxy groups -OCH3 is 1. The maximum Gasteiger partial charge on any atom is 0.372 e. The number of ether oxygens (including phenoxy) is 1. The highest BCUT2D eigenvalue weighted by Gasteiger charge is 2.20. The third-order valence-electron chi connectivity index (χ3n) is 2.46. The molecule has 0 heterocycles. The van der Waals surface area contributed by atoms with Crippen LogP contribution in [0.15, 0.2) is 18.2 Å². The number of Topliss-reactive ketones (excluding diaryl/α,β-unsaturated/α-hetero) is 1. The molecule has 17 heavy (non-hydrogen) atoms. The van der Waals surface area contributed by atoms with E-state index in [0.29, 0.717) is 5.56 Å². The van der Waals surface area contributed by atoms with Crippen LogP contribution in [-0.4, -0.2) is 24.0 Å². The van der Waals surface area contributed by atoms with Crippen LogP contribution in [0.1, 0.15) is 24.8 Å². The number of aliphatic carboxylic acids is 1. The van der Waals surface area contributed by atoms with E-state index in [1.54, 1.807) is 13.0 Å². The van der Waals surface area contributed by atoms with E-state index < -0.39 is 23.5 Å². The molecular formula is C12H13FO4. The van der Waals surface area contributed by atoms with Crippen LogP contribution in [-0.2, 0) is 9.59 Å². The minimum atomic E-state index is -1.48. The van der Waals surface area contributed by atoms with Gasteiger partial charge < -0.3 is 9.84 Å². The van der Waals surface area contributed by atoms with Crippen molar-refractivity contribution < 1.29 is 23.8 Å². The number of halogens is 1. The van der Waals surface area contributed by atoms with Crippen LogP contribution < -0.4 is 4.74 Å². The van der Waals surface area contributed by atoms with Crippen molar-refractivity contribution in [3.8, 4) is 5.75 Å². The molecule has 5 heteroatoms. The number of benzene rings is 1. The molecule has 1 N–H and O–H groups in total. The number of carboxylic acid groups (broad SMARTS) is 1. The Kier molecular flexibility index (Phi) is 4.20. The number of carbonyl (C=O) groups excluding carboxylic acids is 1. The first kappa shape index (κ1) is 13.2. The summed E-state index contributed by atoms with van der Waals surface area (Å²) < 4.78 is 18.3. The molecule has 0 fully saturated rings. The summed E-state index contributed by atoms with van der Waals surface area (Å²) in [6.07, 6.45) is -0.185. The lowest BCUT2D eigenvalue weighted by Crippen LogP contribution is -2.15. The van der Waals surface area contributed by atoms with Gasteiger partial charge in [-0.2, -0.15) is 0 Å². The summed E-state index contributed by atoms with van der Waals surface area (Å²) >= 11 is 0. The second-order valence-electron chi connectivity index (χ2n) is 3.70. The molecule has 0 aliphatic rings. The minimum Gasteiger partial charge on any atom is -0.493 e. The van der Waals surface area contributed by atoms with Gasteiger partial charge in [-0.05, 0) is 12.0 Å². The predicted molar refractivity (Wildman–Crippen MR) is 58.6 cm³/mol. The average Bonchev–Trinajstić information content (AvgIpc) is 2.28. The van der Waals surface area contributed by atoms with Crippen molar-refractivity contribution in [2.45, 2.75) is 19.3 Å². The van der Waals surface area contributed by atoms with Gasteiger partial charge in [-0.25, -0.2) is 9.18 Å². The van der Waals surface area contributed by atoms with E-state index in [2.05, 4.69) is 0 Å². The highest BCUT2D eigenvalue weighted by atomic mass is 19.1. The molecule has 1 aromatic rings. The van der Waals surface area contributed by atoms with E-state index >= 15 is 0 Å². The quantitative estimate of drug-likeness (QED) is 0.799. The first-order valence-electron chi connectivity index (χ1n) is 5.06. The maximum atomic E-state index is 13.4. The van der Waals surface area contributed by atoms with Crippen LogP contribution in [0.25, 0.3) is 0 Å². The molecule has 1 aromatic carbocycles. The second kappa shape index (κ2) is 5.43. The third kappa shape index (κ3) is 3.03. The van der Waals surface area contributed by atoms with E-state index in [0.717, 1.165) is 0 Å². The molecule has 0 aromatic heterocycles. The fraction of sp³-hybridized carbons (Fsp3) is 0.333. The standard InChI is InChI=1S/C12H13FO4/c1-7(6-10(14)12(15)16)8-4-3-5-9(13)11(8)17-2/h3-5,7H,6H2,1-2H3,(H,15,16). The molecule has 1 unspecified atom stereocenters. The largest absolute Gasteiger partial charge is 0.493 e. The van der Waals surface area contributed by atoms with E-state index in [-0.39, 0.29) is 12.2 Å². The van der Waals surface area contributed by atoms with Crippen molar-refractivity contribution in [3.63, 3.8) is 0 Å². The van der Waals surface area contributed by atoms with Crippen molar-refractivity contribution in [2.75, 3.05) is 7.11 Å². The van der Waals surface area contributed by atoms with Crippen molar-refractivity contribution >= 4 is 11.8 Å². The topological polar surface area (TPSA) is 63.6 Å². The SMILES string of the molecule is COc1c(F)cccc1C(C)CC(=O)C(=O)O. The van der Waals surface area contributed by atoms with Gasteiger partial charge in [0.25, 0.3) is 0 Å². The number of carbonyl (C=O) groups is 2. The van der Waals surface area contributed by atoms with E-state index in [9.17, 15) is 14.0 Å². The Balaban J connectivity index is 2.96. The van der Waals surface area contributed by atoms with Crippen LogP contribution in [0.4, 0.5) is 4.39 Å². The first-order valence-corrected chi connectivity index (χ1v) is 5.06. The molecule has 92 valence electrons. The zero-order chi connectivity index (χ0) is 13.0.